The molecule has 0 N–H and O–H groups in total. The zero-order valence-electron chi connectivity index (χ0n) is 18.0. The molecule has 0 spiro atoms. The first-order valence-electron chi connectivity index (χ1n) is 10.7. The van der Waals surface area contributed by atoms with Crippen molar-refractivity contribution in [3.63, 3.8) is 0 Å². The van der Waals surface area contributed by atoms with Crippen molar-refractivity contribution in [2.75, 3.05) is 13.7 Å². The molecular weight excluding hydrogens is 392 g/mol. The Bertz CT molecular complexity index is 998. The third-order valence-electron chi connectivity index (χ3n) is 5.68. The minimum Gasteiger partial charge on any atom is -0.487 e. The molecule has 162 valence electrons. The van der Waals surface area contributed by atoms with Crippen LogP contribution in [0.5, 0.6) is 5.75 Å². The van der Waals surface area contributed by atoms with Crippen LogP contribution in [0.1, 0.15) is 36.3 Å². The monoisotopic (exact) mass is 420 g/mol. The summed E-state index contributed by atoms with van der Waals surface area (Å²) < 4.78 is 16.7. The molecule has 0 amide bonds. The molecule has 6 heteroatoms. The van der Waals surface area contributed by atoms with Gasteiger partial charge in [-0.25, -0.2) is 4.98 Å². The van der Waals surface area contributed by atoms with Crippen molar-refractivity contribution in [3.8, 4) is 17.2 Å². The molecule has 2 heterocycles. The average molecular weight is 421 g/mol. The first-order chi connectivity index (χ1) is 15.1. The Morgan fingerprint density at radius 3 is 2.65 bits per heavy atom. The highest BCUT2D eigenvalue weighted by Gasteiger charge is 2.29. The van der Waals surface area contributed by atoms with Crippen LogP contribution in [0.25, 0.3) is 11.5 Å². The Labute approximate surface area is 182 Å². The van der Waals surface area contributed by atoms with Crippen LogP contribution in [0, 0.1) is 6.92 Å². The number of carbonyl (C=O) groups is 1. The van der Waals surface area contributed by atoms with Crippen LogP contribution in [0.3, 0.4) is 0 Å². The number of piperidine rings is 1. The van der Waals surface area contributed by atoms with E-state index in [0.29, 0.717) is 12.5 Å². The van der Waals surface area contributed by atoms with Crippen LogP contribution >= 0.6 is 0 Å². The number of hydrogen-bond donors (Lipinski definition) is 0. The predicted molar refractivity (Wildman–Crippen MR) is 118 cm³/mol. The lowest BCUT2D eigenvalue weighted by molar-refractivity contribution is -0.148. The van der Waals surface area contributed by atoms with E-state index in [2.05, 4.69) is 9.88 Å². The number of nitrogens with zero attached hydrogens (tertiary/aromatic N) is 2. The molecule has 0 bridgehead atoms. The minimum absolute atomic E-state index is 0.141. The molecular formula is C25H28N2O4. The smallest absolute Gasteiger partial charge is 0.323 e. The van der Waals surface area contributed by atoms with Crippen molar-refractivity contribution in [2.24, 2.45) is 0 Å². The Kier molecular flexibility index (Phi) is 6.67. The third kappa shape index (κ3) is 5.14. The second-order valence-electron chi connectivity index (χ2n) is 7.83. The molecule has 1 aliphatic rings. The number of ether oxygens (including phenoxy) is 2. The number of esters is 1. The van der Waals surface area contributed by atoms with E-state index < -0.39 is 0 Å². The SMILES string of the molecule is COC(=O)[C@H]1CCCCN1Cc1ccc(OCc2nc(-c3ccccc3)oc2C)cc1. The van der Waals surface area contributed by atoms with Crippen molar-refractivity contribution in [1.29, 1.82) is 0 Å². The van der Waals surface area contributed by atoms with Gasteiger partial charge in [-0.15, -0.1) is 0 Å². The van der Waals surface area contributed by atoms with E-state index in [1.54, 1.807) is 0 Å². The summed E-state index contributed by atoms with van der Waals surface area (Å²) in [7, 11) is 1.46. The lowest BCUT2D eigenvalue weighted by Gasteiger charge is -2.33. The molecule has 1 fully saturated rings. The maximum Gasteiger partial charge on any atom is 0.323 e. The van der Waals surface area contributed by atoms with Crippen LogP contribution in [0.4, 0.5) is 0 Å². The van der Waals surface area contributed by atoms with Gasteiger partial charge in [0, 0.05) is 12.1 Å². The van der Waals surface area contributed by atoms with Gasteiger partial charge in [-0.1, -0.05) is 36.8 Å². The van der Waals surface area contributed by atoms with Crippen LogP contribution in [0.15, 0.2) is 59.0 Å². The zero-order valence-corrected chi connectivity index (χ0v) is 18.0. The van der Waals surface area contributed by atoms with Crippen LogP contribution in [-0.4, -0.2) is 35.5 Å². The molecule has 4 rings (SSSR count). The fourth-order valence-corrected chi connectivity index (χ4v) is 3.93. The number of carbonyl (C=O) groups excluding carboxylic acids is 1. The summed E-state index contributed by atoms with van der Waals surface area (Å²) in [4.78, 5) is 18.8. The van der Waals surface area contributed by atoms with Gasteiger partial charge in [-0.3, -0.25) is 9.69 Å². The van der Waals surface area contributed by atoms with E-state index in [-0.39, 0.29) is 12.0 Å². The lowest BCUT2D eigenvalue weighted by Crippen LogP contribution is -2.44. The summed E-state index contributed by atoms with van der Waals surface area (Å²) in [5.41, 5.74) is 2.88. The molecule has 0 aliphatic carbocycles. The normalized spacial score (nSPS) is 16.8. The van der Waals surface area contributed by atoms with Gasteiger partial charge in [0.2, 0.25) is 5.89 Å². The van der Waals surface area contributed by atoms with Gasteiger partial charge in [0.25, 0.3) is 0 Å². The largest absolute Gasteiger partial charge is 0.487 e. The first kappa shape index (κ1) is 21.1. The fourth-order valence-electron chi connectivity index (χ4n) is 3.93. The molecule has 1 aromatic heterocycles. The molecule has 6 nitrogen and oxygen atoms in total. The number of rotatable bonds is 7. The topological polar surface area (TPSA) is 64.8 Å². The third-order valence-corrected chi connectivity index (χ3v) is 5.68. The number of likely N-dealkylation sites (tertiary alicyclic amines) is 1. The van der Waals surface area contributed by atoms with Crippen LogP contribution in [-0.2, 0) is 22.7 Å². The summed E-state index contributed by atoms with van der Waals surface area (Å²) in [5.74, 6) is 2.00. The number of methoxy groups -OCH3 is 1. The second-order valence-corrected chi connectivity index (χ2v) is 7.83. The number of benzene rings is 2. The quantitative estimate of drug-likeness (QED) is 0.514. The van der Waals surface area contributed by atoms with Gasteiger partial charge in [0.1, 0.15) is 29.9 Å². The van der Waals surface area contributed by atoms with Gasteiger partial charge in [0.05, 0.1) is 7.11 Å². The lowest BCUT2D eigenvalue weighted by atomic mass is 10.0. The maximum atomic E-state index is 12.1. The number of hydrogen-bond acceptors (Lipinski definition) is 6. The highest BCUT2D eigenvalue weighted by atomic mass is 16.5. The maximum absolute atomic E-state index is 12.1. The van der Waals surface area contributed by atoms with Crippen LogP contribution in [0.2, 0.25) is 0 Å². The zero-order chi connectivity index (χ0) is 21.6. The summed E-state index contributed by atoms with van der Waals surface area (Å²) in [6.07, 6.45) is 3.03. The summed E-state index contributed by atoms with van der Waals surface area (Å²) >= 11 is 0. The van der Waals surface area contributed by atoms with Gasteiger partial charge in [-0.05, 0) is 56.1 Å². The molecule has 1 atom stereocenters. The van der Waals surface area contributed by atoms with E-state index in [9.17, 15) is 4.79 Å². The Hall–Kier alpha value is -3.12. The number of oxazole rings is 1. The van der Waals surface area contributed by atoms with Crippen LogP contribution < -0.4 is 4.74 Å². The number of aryl methyl sites for hydroxylation is 1. The van der Waals surface area contributed by atoms with Gasteiger partial charge in [-0.2, -0.15) is 0 Å². The molecule has 0 saturated carbocycles. The Balaban J connectivity index is 1.36. The standard InChI is InChI=1S/C25H28N2O4/c1-18-22(26-24(31-18)20-8-4-3-5-9-20)17-30-21-13-11-19(12-14-21)16-27-15-7-6-10-23(27)25(28)29-2/h3-5,8-9,11-14,23H,6-7,10,15-17H2,1-2H3/t23-/m1/s1. The Morgan fingerprint density at radius 2 is 1.90 bits per heavy atom. The molecule has 0 unspecified atom stereocenters. The first-order valence-corrected chi connectivity index (χ1v) is 10.7. The van der Waals surface area contributed by atoms with Crippen molar-refractivity contribution < 1.29 is 18.7 Å². The molecule has 2 aromatic carbocycles. The minimum atomic E-state index is -0.149. The van der Waals surface area contributed by atoms with Gasteiger partial charge in [0.15, 0.2) is 0 Å². The van der Waals surface area contributed by atoms with E-state index >= 15 is 0 Å². The summed E-state index contributed by atoms with van der Waals surface area (Å²) in [6.45, 7) is 3.88. The molecule has 1 saturated heterocycles. The van der Waals surface area contributed by atoms with Crippen molar-refractivity contribution in [3.05, 3.63) is 71.6 Å². The van der Waals surface area contributed by atoms with Gasteiger partial charge < -0.3 is 13.9 Å². The van der Waals surface area contributed by atoms with Crippen molar-refractivity contribution in [1.82, 2.24) is 9.88 Å². The van der Waals surface area contributed by atoms with E-state index in [1.165, 1.54) is 7.11 Å². The summed E-state index contributed by atoms with van der Waals surface area (Å²) in [6, 6.07) is 17.7. The van der Waals surface area contributed by atoms with Crippen molar-refractivity contribution in [2.45, 2.75) is 45.4 Å². The molecule has 1 aliphatic heterocycles. The van der Waals surface area contributed by atoms with Crippen molar-refractivity contribution >= 4 is 5.97 Å². The highest BCUT2D eigenvalue weighted by Crippen LogP contribution is 2.24. The van der Waals surface area contributed by atoms with Gasteiger partial charge >= 0.3 is 5.97 Å². The second kappa shape index (κ2) is 9.79. The highest BCUT2D eigenvalue weighted by molar-refractivity contribution is 5.75. The van der Waals surface area contributed by atoms with E-state index in [1.807, 2.05) is 61.5 Å². The molecule has 0 radical (unpaired) electrons. The fraction of sp³-hybridized carbons (Fsp3) is 0.360. The van der Waals surface area contributed by atoms with E-state index in [0.717, 1.165) is 60.7 Å². The average Bonchev–Trinajstić information content (AvgIpc) is 3.19. The number of aromatic nitrogens is 1. The van der Waals surface area contributed by atoms with E-state index in [4.69, 9.17) is 13.9 Å². The molecule has 3 aromatic rings. The predicted octanol–water partition coefficient (Wildman–Crippen LogP) is 4.76. The summed E-state index contributed by atoms with van der Waals surface area (Å²) in [5, 5.41) is 0. The Morgan fingerprint density at radius 1 is 1.13 bits per heavy atom. The molecule has 31 heavy (non-hydrogen) atoms.